The largest absolute Gasteiger partial charge is 0.495 e. The molecular weight excluding hydrogens is 424 g/mol. The van der Waals surface area contributed by atoms with E-state index in [0.29, 0.717) is 31.9 Å². The van der Waals surface area contributed by atoms with E-state index in [9.17, 15) is 13.2 Å². The third-order valence-electron chi connectivity index (χ3n) is 6.54. The molecule has 0 radical (unpaired) electrons. The number of amides is 1. The summed E-state index contributed by atoms with van der Waals surface area (Å²) in [5, 5.41) is 0. The van der Waals surface area contributed by atoms with E-state index >= 15 is 0 Å². The lowest BCUT2D eigenvalue weighted by Crippen LogP contribution is -2.44. The minimum atomic E-state index is -3.64. The first-order chi connectivity index (χ1) is 15.3. The first-order valence-electron chi connectivity index (χ1n) is 10.8. The topological polar surface area (TPSA) is 66.9 Å². The second kappa shape index (κ2) is 8.97. The molecule has 2 aliphatic heterocycles. The van der Waals surface area contributed by atoms with Crippen LogP contribution in [0.5, 0.6) is 5.75 Å². The van der Waals surface area contributed by atoms with Crippen LogP contribution in [0.2, 0.25) is 0 Å². The molecule has 168 valence electrons. The summed E-state index contributed by atoms with van der Waals surface area (Å²) in [7, 11) is -2.15. The lowest BCUT2D eigenvalue weighted by molar-refractivity contribution is -0.127. The van der Waals surface area contributed by atoms with Crippen LogP contribution in [-0.2, 0) is 14.8 Å². The minimum Gasteiger partial charge on any atom is -0.495 e. The summed E-state index contributed by atoms with van der Waals surface area (Å²) in [6.07, 6.45) is 2.36. The van der Waals surface area contributed by atoms with Gasteiger partial charge in [-0.05, 0) is 61.4 Å². The lowest BCUT2D eigenvalue weighted by atomic mass is 9.78. The van der Waals surface area contributed by atoms with Crippen LogP contribution >= 0.6 is 0 Å². The Kier molecular flexibility index (Phi) is 6.27. The minimum absolute atomic E-state index is 0.0895. The average molecular weight is 453 g/mol. The molecule has 0 N–H and O–H groups in total. The van der Waals surface area contributed by atoms with Crippen LogP contribution in [0.15, 0.2) is 53.4 Å². The second-order valence-electron chi connectivity index (χ2n) is 8.65. The molecule has 2 aliphatic rings. The molecule has 0 atom stereocenters. The van der Waals surface area contributed by atoms with Gasteiger partial charge in [-0.25, -0.2) is 8.42 Å². The molecule has 2 aromatic carbocycles. The second-order valence-corrected chi connectivity index (χ2v) is 10.6. The lowest BCUT2D eigenvalue weighted by Gasteiger charge is -2.38. The molecule has 1 amide bonds. The van der Waals surface area contributed by atoms with E-state index in [4.69, 9.17) is 4.74 Å². The molecule has 6 nitrogen and oxygen atoms in total. The number of carbonyl (C=O) groups excluding carboxylic acids is 1. The van der Waals surface area contributed by atoms with Gasteiger partial charge in [-0.3, -0.25) is 4.79 Å². The van der Waals surface area contributed by atoms with Crippen LogP contribution < -0.4 is 4.74 Å². The van der Waals surface area contributed by atoms with E-state index in [2.05, 4.69) is 11.8 Å². The quantitative estimate of drug-likeness (QED) is 0.672. The van der Waals surface area contributed by atoms with Crippen molar-refractivity contribution in [1.29, 1.82) is 0 Å². The molecule has 0 bridgehead atoms. The van der Waals surface area contributed by atoms with Gasteiger partial charge in [0.2, 0.25) is 10.0 Å². The molecule has 7 heteroatoms. The van der Waals surface area contributed by atoms with Crippen molar-refractivity contribution in [3.8, 4) is 17.6 Å². The van der Waals surface area contributed by atoms with Gasteiger partial charge in [-0.15, -0.1) is 0 Å². The van der Waals surface area contributed by atoms with E-state index in [1.807, 2.05) is 43.3 Å². The van der Waals surface area contributed by atoms with Crippen molar-refractivity contribution in [3.05, 3.63) is 59.7 Å². The molecule has 2 fully saturated rings. The highest BCUT2D eigenvalue weighted by Crippen LogP contribution is 2.43. The Morgan fingerprint density at radius 1 is 1.03 bits per heavy atom. The Morgan fingerprint density at radius 2 is 1.72 bits per heavy atom. The monoisotopic (exact) mass is 452 g/mol. The summed E-state index contributed by atoms with van der Waals surface area (Å²) in [4.78, 5) is 14.5. The van der Waals surface area contributed by atoms with E-state index in [1.54, 1.807) is 21.3 Å². The molecule has 0 aliphatic carbocycles. The first kappa shape index (κ1) is 22.4. The van der Waals surface area contributed by atoms with E-state index in [-0.39, 0.29) is 16.2 Å². The van der Waals surface area contributed by atoms with Crippen LogP contribution in [0.4, 0.5) is 0 Å². The highest BCUT2D eigenvalue weighted by molar-refractivity contribution is 7.89. The zero-order valence-corrected chi connectivity index (χ0v) is 19.3. The van der Waals surface area contributed by atoms with Gasteiger partial charge in [0.1, 0.15) is 10.6 Å². The number of ether oxygens (including phenoxy) is 1. The molecule has 32 heavy (non-hydrogen) atoms. The number of hydrogen-bond acceptors (Lipinski definition) is 4. The van der Waals surface area contributed by atoms with Crippen LogP contribution in [0.3, 0.4) is 0 Å². The van der Waals surface area contributed by atoms with Gasteiger partial charge in [0.05, 0.1) is 7.11 Å². The van der Waals surface area contributed by atoms with Gasteiger partial charge >= 0.3 is 0 Å². The van der Waals surface area contributed by atoms with E-state index in [1.165, 1.54) is 7.11 Å². The predicted octanol–water partition coefficient (Wildman–Crippen LogP) is 3.06. The van der Waals surface area contributed by atoms with Crippen molar-refractivity contribution >= 4 is 15.9 Å². The highest BCUT2D eigenvalue weighted by Gasteiger charge is 2.45. The van der Waals surface area contributed by atoms with Crippen molar-refractivity contribution in [3.63, 3.8) is 0 Å². The number of piperidine rings is 1. The third kappa shape index (κ3) is 4.52. The first-order valence-corrected chi connectivity index (χ1v) is 12.3. The molecular formula is C25H28N2O4S. The van der Waals surface area contributed by atoms with Gasteiger partial charge in [0.15, 0.2) is 0 Å². The average Bonchev–Trinajstić information content (AvgIpc) is 3.23. The Balaban J connectivity index is 1.41. The molecule has 4 rings (SSSR count). The zero-order chi connectivity index (χ0) is 22.8. The Bertz CT molecular complexity index is 1160. The molecule has 2 heterocycles. The molecule has 2 aromatic rings. The smallest absolute Gasteiger partial charge is 0.298 e. The SMILES string of the molecule is COc1ccc(C)cc1S(=O)(=O)N1CCC2(CCN(C(=O)C#Cc3ccccc3)CC2)C1. The Hall–Kier alpha value is -2.82. The fourth-order valence-electron chi connectivity index (χ4n) is 4.54. The highest BCUT2D eigenvalue weighted by atomic mass is 32.2. The predicted molar refractivity (Wildman–Crippen MR) is 123 cm³/mol. The van der Waals surface area contributed by atoms with Crippen molar-refractivity contribution in [1.82, 2.24) is 9.21 Å². The fraction of sp³-hybridized carbons (Fsp3) is 0.400. The number of aryl methyl sites for hydroxylation is 1. The summed E-state index contributed by atoms with van der Waals surface area (Å²) in [5.41, 5.74) is 1.60. The normalized spacial score (nSPS) is 18.2. The van der Waals surface area contributed by atoms with E-state index < -0.39 is 10.0 Å². The van der Waals surface area contributed by atoms with Crippen molar-refractivity contribution in [2.45, 2.75) is 31.1 Å². The number of sulfonamides is 1. The summed E-state index contributed by atoms with van der Waals surface area (Å²) in [6, 6.07) is 14.7. The van der Waals surface area contributed by atoms with E-state index in [0.717, 1.165) is 30.4 Å². The summed E-state index contributed by atoms with van der Waals surface area (Å²) >= 11 is 0. The zero-order valence-electron chi connectivity index (χ0n) is 18.5. The number of hydrogen-bond donors (Lipinski definition) is 0. The molecule has 0 unspecified atom stereocenters. The number of carbonyl (C=O) groups is 1. The number of methoxy groups -OCH3 is 1. The number of nitrogens with zero attached hydrogens (tertiary/aromatic N) is 2. The van der Waals surface area contributed by atoms with Crippen molar-refractivity contribution < 1.29 is 17.9 Å². The van der Waals surface area contributed by atoms with Gasteiger partial charge in [-0.1, -0.05) is 30.2 Å². The van der Waals surface area contributed by atoms with Gasteiger partial charge < -0.3 is 9.64 Å². The third-order valence-corrected chi connectivity index (χ3v) is 8.41. The standard InChI is InChI=1S/C25H28N2O4S/c1-20-8-10-22(31-2)23(18-20)32(29,30)27-17-14-25(19-27)12-15-26(16-13-25)24(28)11-9-21-6-4-3-5-7-21/h3-8,10,18H,12-17,19H2,1-2H3. The van der Waals surface area contributed by atoms with Crippen LogP contribution in [0, 0.1) is 24.2 Å². The van der Waals surface area contributed by atoms with Crippen LogP contribution in [0.1, 0.15) is 30.4 Å². The Labute approximate surface area is 190 Å². The number of rotatable bonds is 3. The summed E-state index contributed by atoms with van der Waals surface area (Å²) in [5.74, 6) is 5.86. The van der Waals surface area contributed by atoms with Crippen molar-refractivity contribution in [2.24, 2.45) is 5.41 Å². The number of benzene rings is 2. The Morgan fingerprint density at radius 3 is 2.41 bits per heavy atom. The molecule has 0 saturated carbocycles. The fourth-order valence-corrected chi connectivity index (χ4v) is 6.34. The molecule has 2 saturated heterocycles. The summed E-state index contributed by atoms with van der Waals surface area (Å²) in [6.45, 7) is 4.04. The van der Waals surface area contributed by atoms with Crippen LogP contribution in [0.25, 0.3) is 0 Å². The maximum Gasteiger partial charge on any atom is 0.298 e. The molecule has 0 aromatic heterocycles. The van der Waals surface area contributed by atoms with Crippen LogP contribution in [-0.4, -0.2) is 56.8 Å². The summed E-state index contributed by atoms with van der Waals surface area (Å²) < 4.78 is 33.6. The van der Waals surface area contributed by atoms with Gasteiger partial charge in [-0.2, -0.15) is 4.31 Å². The van der Waals surface area contributed by atoms with Crippen molar-refractivity contribution in [2.75, 3.05) is 33.3 Å². The van der Waals surface area contributed by atoms with Gasteiger partial charge in [0.25, 0.3) is 5.91 Å². The maximum atomic E-state index is 13.3. The number of likely N-dealkylation sites (tertiary alicyclic amines) is 1. The molecule has 1 spiro atoms. The maximum absolute atomic E-state index is 13.3. The van der Waals surface area contributed by atoms with Gasteiger partial charge in [0, 0.05) is 37.7 Å².